The van der Waals surface area contributed by atoms with E-state index in [1.807, 2.05) is 26.2 Å². The standard InChI is InChI=1S/C13H22N2OSi/c1-10-8-7-9-11(12(10)17(4,5)6)13(16)14-15(2)3/h7-9H,1-6H3,(H,14,16). The lowest BCUT2D eigenvalue weighted by molar-refractivity contribution is 0.0858. The van der Waals surface area contributed by atoms with Crippen LogP contribution >= 0.6 is 0 Å². The van der Waals surface area contributed by atoms with Gasteiger partial charge in [0.25, 0.3) is 5.91 Å². The second-order valence-corrected chi connectivity index (χ2v) is 10.6. The van der Waals surface area contributed by atoms with Crippen LogP contribution in [-0.2, 0) is 0 Å². The van der Waals surface area contributed by atoms with Gasteiger partial charge in [0.15, 0.2) is 0 Å². The molecule has 1 aromatic carbocycles. The van der Waals surface area contributed by atoms with E-state index in [0.717, 1.165) is 5.56 Å². The fourth-order valence-corrected chi connectivity index (χ4v) is 4.39. The lowest BCUT2D eigenvalue weighted by Crippen LogP contribution is -2.46. The largest absolute Gasteiger partial charge is 0.285 e. The molecule has 1 N–H and O–H groups in total. The Morgan fingerprint density at radius 2 is 1.82 bits per heavy atom. The molecule has 94 valence electrons. The van der Waals surface area contributed by atoms with Crippen molar-refractivity contribution in [2.24, 2.45) is 0 Å². The topological polar surface area (TPSA) is 32.3 Å². The summed E-state index contributed by atoms with van der Waals surface area (Å²) in [7, 11) is 2.13. The number of aryl methyl sites for hydroxylation is 1. The van der Waals surface area contributed by atoms with Crippen LogP contribution in [0.3, 0.4) is 0 Å². The lowest BCUT2D eigenvalue weighted by Gasteiger charge is -2.24. The molecule has 1 aromatic rings. The Kier molecular flexibility index (Phi) is 4.11. The van der Waals surface area contributed by atoms with Crippen molar-refractivity contribution < 1.29 is 4.79 Å². The average molecular weight is 250 g/mol. The molecular formula is C13H22N2OSi. The summed E-state index contributed by atoms with van der Waals surface area (Å²) in [5.41, 5.74) is 4.85. The SMILES string of the molecule is Cc1cccc(C(=O)NN(C)C)c1[Si](C)(C)C. The van der Waals surface area contributed by atoms with Crippen LogP contribution in [0.25, 0.3) is 0 Å². The highest BCUT2D eigenvalue weighted by molar-refractivity contribution is 6.89. The van der Waals surface area contributed by atoms with Gasteiger partial charge in [-0.2, -0.15) is 0 Å². The first-order valence-electron chi connectivity index (χ1n) is 5.82. The van der Waals surface area contributed by atoms with E-state index in [2.05, 4.69) is 38.1 Å². The number of nitrogens with zero attached hydrogens (tertiary/aromatic N) is 1. The van der Waals surface area contributed by atoms with Crippen LogP contribution in [0.4, 0.5) is 0 Å². The molecular weight excluding hydrogens is 228 g/mol. The number of carbonyl (C=O) groups is 1. The first-order valence-corrected chi connectivity index (χ1v) is 9.32. The summed E-state index contributed by atoms with van der Waals surface area (Å²) in [6.45, 7) is 8.88. The number of nitrogens with one attached hydrogen (secondary N) is 1. The highest BCUT2D eigenvalue weighted by Gasteiger charge is 2.25. The summed E-state index contributed by atoms with van der Waals surface area (Å²) in [6.07, 6.45) is 0. The molecule has 0 spiro atoms. The first-order chi connectivity index (χ1) is 7.73. The third-order valence-corrected chi connectivity index (χ3v) is 4.76. The van der Waals surface area contributed by atoms with E-state index in [1.165, 1.54) is 10.8 Å². The Balaban J connectivity index is 3.25. The number of benzene rings is 1. The Hall–Kier alpha value is -1.13. The van der Waals surface area contributed by atoms with Gasteiger partial charge >= 0.3 is 0 Å². The Bertz CT molecular complexity index is 422. The molecule has 17 heavy (non-hydrogen) atoms. The lowest BCUT2D eigenvalue weighted by atomic mass is 10.1. The van der Waals surface area contributed by atoms with Crippen LogP contribution in [0.1, 0.15) is 15.9 Å². The Labute approximate surface area is 105 Å². The number of carbonyl (C=O) groups excluding carboxylic acids is 1. The van der Waals surface area contributed by atoms with E-state index in [-0.39, 0.29) is 5.91 Å². The molecule has 4 heteroatoms. The third-order valence-electron chi connectivity index (χ3n) is 2.59. The van der Waals surface area contributed by atoms with Gasteiger partial charge in [0, 0.05) is 19.7 Å². The van der Waals surface area contributed by atoms with Crippen molar-refractivity contribution in [2.75, 3.05) is 14.1 Å². The fraction of sp³-hybridized carbons (Fsp3) is 0.462. The number of amides is 1. The van der Waals surface area contributed by atoms with Gasteiger partial charge in [0.05, 0.1) is 8.07 Å². The van der Waals surface area contributed by atoms with Crippen LogP contribution < -0.4 is 10.6 Å². The smallest absolute Gasteiger partial charge is 0.265 e. The van der Waals surface area contributed by atoms with Gasteiger partial charge in [-0.05, 0) is 18.2 Å². The molecule has 0 atom stereocenters. The van der Waals surface area contributed by atoms with Crippen LogP contribution in [0.5, 0.6) is 0 Å². The first kappa shape index (κ1) is 13.9. The molecule has 0 heterocycles. The zero-order chi connectivity index (χ0) is 13.2. The fourth-order valence-electron chi connectivity index (χ4n) is 2.12. The van der Waals surface area contributed by atoms with Crippen molar-refractivity contribution in [3.8, 4) is 0 Å². The van der Waals surface area contributed by atoms with E-state index in [0.29, 0.717) is 0 Å². The van der Waals surface area contributed by atoms with Crippen LogP contribution in [0, 0.1) is 6.92 Å². The Morgan fingerprint density at radius 1 is 1.24 bits per heavy atom. The maximum atomic E-state index is 12.1. The maximum absolute atomic E-state index is 12.1. The quantitative estimate of drug-likeness (QED) is 0.655. The number of hydrogen-bond acceptors (Lipinski definition) is 2. The van der Waals surface area contributed by atoms with E-state index >= 15 is 0 Å². The molecule has 1 rings (SSSR count). The van der Waals surface area contributed by atoms with Gasteiger partial charge in [-0.3, -0.25) is 10.2 Å². The molecule has 0 fully saturated rings. The predicted molar refractivity (Wildman–Crippen MR) is 75.3 cm³/mol. The third kappa shape index (κ3) is 3.41. The molecule has 3 nitrogen and oxygen atoms in total. The zero-order valence-corrected chi connectivity index (χ0v) is 12.6. The molecule has 0 aliphatic heterocycles. The molecule has 0 aromatic heterocycles. The molecule has 0 bridgehead atoms. The van der Waals surface area contributed by atoms with Gasteiger partial charge in [0.1, 0.15) is 0 Å². The van der Waals surface area contributed by atoms with E-state index < -0.39 is 8.07 Å². The van der Waals surface area contributed by atoms with Crippen molar-refractivity contribution in [3.05, 3.63) is 29.3 Å². The second kappa shape index (κ2) is 5.02. The van der Waals surface area contributed by atoms with Gasteiger partial charge in [-0.1, -0.05) is 37.3 Å². The summed E-state index contributed by atoms with van der Waals surface area (Å²) in [4.78, 5) is 12.1. The van der Waals surface area contributed by atoms with Crippen LogP contribution in [0.15, 0.2) is 18.2 Å². The summed E-state index contributed by atoms with van der Waals surface area (Å²) in [5, 5.41) is 2.93. The predicted octanol–water partition coefficient (Wildman–Crippen LogP) is 1.75. The maximum Gasteiger partial charge on any atom is 0.265 e. The minimum atomic E-state index is -1.52. The molecule has 0 unspecified atom stereocenters. The molecule has 0 saturated carbocycles. The van der Waals surface area contributed by atoms with Crippen LogP contribution in [-0.4, -0.2) is 33.1 Å². The Morgan fingerprint density at radius 3 is 2.29 bits per heavy atom. The van der Waals surface area contributed by atoms with Crippen molar-refractivity contribution in [1.82, 2.24) is 10.4 Å². The summed E-state index contributed by atoms with van der Waals surface area (Å²) < 4.78 is 0. The van der Waals surface area contributed by atoms with Gasteiger partial charge in [0.2, 0.25) is 0 Å². The van der Waals surface area contributed by atoms with Crippen LogP contribution in [0.2, 0.25) is 19.6 Å². The molecule has 0 saturated heterocycles. The molecule has 0 radical (unpaired) electrons. The second-order valence-electron chi connectivity index (χ2n) is 5.58. The number of hydrazine groups is 1. The number of hydrogen-bond donors (Lipinski definition) is 1. The normalized spacial score (nSPS) is 11.7. The van der Waals surface area contributed by atoms with Crippen molar-refractivity contribution in [2.45, 2.75) is 26.6 Å². The van der Waals surface area contributed by atoms with Crippen molar-refractivity contribution in [3.63, 3.8) is 0 Å². The summed E-state index contributed by atoms with van der Waals surface area (Å²) in [6, 6.07) is 5.95. The minimum Gasteiger partial charge on any atom is -0.285 e. The van der Waals surface area contributed by atoms with Gasteiger partial charge in [-0.25, -0.2) is 5.01 Å². The highest BCUT2D eigenvalue weighted by atomic mass is 28.3. The average Bonchev–Trinajstić information content (AvgIpc) is 2.14. The molecule has 0 aliphatic rings. The van der Waals surface area contributed by atoms with Crippen molar-refractivity contribution >= 4 is 19.2 Å². The molecule has 1 amide bonds. The van der Waals surface area contributed by atoms with Gasteiger partial charge < -0.3 is 0 Å². The van der Waals surface area contributed by atoms with E-state index in [4.69, 9.17) is 0 Å². The molecule has 0 aliphatic carbocycles. The van der Waals surface area contributed by atoms with Crippen molar-refractivity contribution in [1.29, 1.82) is 0 Å². The zero-order valence-electron chi connectivity index (χ0n) is 11.6. The van der Waals surface area contributed by atoms with Gasteiger partial charge in [-0.15, -0.1) is 0 Å². The monoisotopic (exact) mass is 250 g/mol. The minimum absolute atomic E-state index is 0.0175. The number of rotatable bonds is 3. The van der Waals surface area contributed by atoms with E-state index in [1.54, 1.807) is 5.01 Å². The highest BCUT2D eigenvalue weighted by Crippen LogP contribution is 2.11. The summed E-state index contributed by atoms with van der Waals surface area (Å²) in [5.74, 6) is -0.0175. The van der Waals surface area contributed by atoms with E-state index in [9.17, 15) is 4.79 Å². The summed E-state index contributed by atoms with van der Waals surface area (Å²) >= 11 is 0.